The van der Waals surface area contributed by atoms with Crippen LogP contribution < -0.4 is 5.32 Å². The van der Waals surface area contributed by atoms with Crippen molar-refractivity contribution in [3.63, 3.8) is 0 Å². The van der Waals surface area contributed by atoms with E-state index in [0.717, 1.165) is 38.5 Å². The molecule has 23 heavy (non-hydrogen) atoms. The zero-order valence-corrected chi connectivity index (χ0v) is 14.6. The molecule has 0 unspecified atom stereocenters. The molecule has 0 aromatic carbocycles. The number of aryl methyl sites for hydroxylation is 1. The number of nitrogens with one attached hydrogen (secondary N) is 1. The van der Waals surface area contributed by atoms with Crippen LogP contribution in [-0.4, -0.2) is 42.6 Å². The number of anilines is 1. The monoisotopic (exact) mass is 343 g/mol. The molecule has 8 heteroatoms. The van der Waals surface area contributed by atoms with Crippen LogP contribution in [0.2, 0.25) is 0 Å². The largest absolute Gasteiger partial charge is 0.360 e. The van der Waals surface area contributed by atoms with E-state index in [1.54, 1.807) is 13.0 Å². The maximum absolute atomic E-state index is 12.1. The number of carbonyl (C=O) groups excluding carboxylic acids is 1. The standard InChI is InChI=1S/C15H25N3O4S/c1-12-11-14(17-22-12)16-15(19)9-10-18(23(2,20)21)13-7-5-3-4-6-8-13/h11,13H,3-10H2,1-2H3,(H,16,17,19). The first-order valence-corrected chi connectivity index (χ1v) is 9.91. The molecule has 1 aromatic rings. The molecule has 7 nitrogen and oxygen atoms in total. The van der Waals surface area contributed by atoms with Crippen LogP contribution in [0.4, 0.5) is 5.82 Å². The third-order valence-electron chi connectivity index (χ3n) is 4.11. The highest BCUT2D eigenvalue weighted by Gasteiger charge is 2.27. The van der Waals surface area contributed by atoms with E-state index in [1.165, 1.54) is 10.6 Å². The molecule has 1 aliphatic rings. The van der Waals surface area contributed by atoms with Crippen LogP contribution in [-0.2, 0) is 14.8 Å². The highest BCUT2D eigenvalue weighted by molar-refractivity contribution is 7.88. The second kappa shape index (κ2) is 7.92. The summed E-state index contributed by atoms with van der Waals surface area (Å²) in [7, 11) is -3.33. The van der Waals surface area contributed by atoms with Crippen molar-refractivity contribution >= 4 is 21.7 Å². The van der Waals surface area contributed by atoms with Gasteiger partial charge in [0, 0.05) is 25.1 Å². The summed E-state index contributed by atoms with van der Waals surface area (Å²) in [4.78, 5) is 12.0. The van der Waals surface area contributed by atoms with E-state index < -0.39 is 10.0 Å². The molecular weight excluding hydrogens is 318 g/mol. The van der Waals surface area contributed by atoms with Crippen molar-refractivity contribution < 1.29 is 17.7 Å². The number of sulfonamides is 1. The predicted molar refractivity (Wildman–Crippen MR) is 87.5 cm³/mol. The normalized spacial score (nSPS) is 17.2. The fraction of sp³-hybridized carbons (Fsp3) is 0.733. The molecule has 1 aliphatic carbocycles. The van der Waals surface area contributed by atoms with E-state index in [2.05, 4.69) is 10.5 Å². The molecule has 2 rings (SSSR count). The van der Waals surface area contributed by atoms with E-state index in [1.807, 2.05) is 0 Å². The van der Waals surface area contributed by atoms with Gasteiger partial charge in [-0.05, 0) is 19.8 Å². The SMILES string of the molecule is Cc1cc(NC(=O)CCN(C2CCCCCC2)S(C)(=O)=O)no1. The molecule has 0 bridgehead atoms. The summed E-state index contributed by atoms with van der Waals surface area (Å²) in [5.74, 6) is 0.699. The molecule has 1 amide bonds. The molecule has 0 atom stereocenters. The topological polar surface area (TPSA) is 92.5 Å². The minimum atomic E-state index is -3.33. The van der Waals surface area contributed by atoms with Gasteiger partial charge in [0.2, 0.25) is 15.9 Å². The first kappa shape index (κ1) is 17.9. The van der Waals surface area contributed by atoms with E-state index in [9.17, 15) is 13.2 Å². The predicted octanol–water partition coefficient (Wildman–Crippen LogP) is 2.30. The van der Waals surface area contributed by atoms with E-state index in [4.69, 9.17) is 4.52 Å². The van der Waals surface area contributed by atoms with Crippen LogP contribution in [0, 0.1) is 6.92 Å². The molecule has 130 valence electrons. The molecule has 1 fully saturated rings. The Balaban J connectivity index is 1.93. The number of carbonyl (C=O) groups is 1. The molecule has 1 N–H and O–H groups in total. The molecule has 1 aromatic heterocycles. The van der Waals surface area contributed by atoms with Crippen molar-refractivity contribution in [1.82, 2.24) is 9.46 Å². The Morgan fingerprint density at radius 3 is 2.52 bits per heavy atom. The van der Waals surface area contributed by atoms with Gasteiger partial charge < -0.3 is 9.84 Å². The van der Waals surface area contributed by atoms with Gasteiger partial charge in [-0.2, -0.15) is 4.31 Å². The van der Waals surface area contributed by atoms with Gasteiger partial charge in [-0.1, -0.05) is 30.8 Å². The minimum absolute atomic E-state index is 0.00888. The second-order valence-corrected chi connectivity index (χ2v) is 8.08. The zero-order valence-electron chi connectivity index (χ0n) is 13.7. The van der Waals surface area contributed by atoms with Crippen molar-refractivity contribution in [1.29, 1.82) is 0 Å². The van der Waals surface area contributed by atoms with E-state index in [0.29, 0.717) is 11.6 Å². The van der Waals surface area contributed by atoms with Crippen LogP contribution >= 0.6 is 0 Å². The Morgan fingerprint density at radius 1 is 1.35 bits per heavy atom. The molecule has 0 aliphatic heterocycles. The average molecular weight is 343 g/mol. The Kier molecular flexibility index (Phi) is 6.17. The van der Waals surface area contributed by atoms with E-state index in [-0.39, 0.29) is 24.9 Å². The Labute approximate surface area is 137 Å². The molecule has 0 radical (unpaired) electrons. The Bertz CT molecular complexity index is 618. The van der Waals surface area contributed by atoms with Crippen LogP contribution in [0.5, 0.6) is 0 Å². The summed E-state index contributed by atoms with van der Waals surface area (Å²) in [5.41, 5.74) is 0. The van der Waals surface area contributed by atoms with Crippen LogP contribution in [0.3, 0.4) is 0 Å². The fourth-order valence-electron chi connectivity index (χ4n) is 3.01. The third-order valence-corrected chi connectivity index (χ3v) is 5.45. The van der Waals surface area contributed by atoms with Crippen molar-refractivity contribution in [2.75, 3.05) is 18.1 Å². The van der Waals surface area contributed by atoms with Crippen LogP contribution in [0.25, 0.3) is 0 Å². The van der Waals surface area contributed by atoms with Gasteiger partial charge in [-0.15, -0.1) is 0 Å². The molecule has 0 saturated heterocycles. The Hall–Kier alpha value is -1.41. The number of rotatable bonds is 6. The van der Waals surface area contributed by atoms with Crippen molar-refractivity contribution in [3.05, 3.63) is 11.8 Å². The number of aromatic nitrogens is 1. The molecular formula is C15H25N3O4S. The third kappa shape index (κ3) is 5.62. The van der Waals surface area contributed by atoms with Gasteiger partial charge in [-0.3, -0.25) is 4.79 Å². The van der Waals surface area contributed by atoms with Gasteiger partial charge in [0.05, 0.1) is 6.26 Å². The zero-order chi connectivity index (χ0) is 16.9. The lowest BCUT2D eigenvalue weighted by atomic mass is 10.1. The highest BCUT2D eigenvalue weighted by Crippen LogP contribution is 2.24. The first-order valence-electron chi connectivity index (χ1n) is 8.06. The van der Waals surface area contributed by atoms with Crippen LogP contribution in [0.1, 0.15) is 50.7 Å². The summed E-state index contributed by atoms with van der Waals surface area (Å²) in [6.45, 7) is 1.94. The summed E-state index contributed by atoms with van der Waals surface area (Å²) >= 11 is 0. The lowest BCUT2D eigenvalue weighted by Gasteiger charge is -2.28. The highest BCUT2D eigenvalue weighted by atomic mass is 32.2. The maximum Gasteiger partial charge on any atom is 0.226 e. The summed E-state index contributed by atoms with van der Waals surface area (Å²) < 4.78 is 30.5. The average Bonchev–Trinajstić information content (AvgIpc) is 2.71. The minimum Gasteiger partial charge on any atom is -0.360 e. The molecule has 1 saturated carbocycles. The number of hydrogen-bond acceptors (Lipinski definition) is 5. The lowest BCUT2D eigenvalue weighted by Crippen LogP contribution is -2.41. The summed E-state index contributed by atoms with van der Waals surface area (Å²) in [6, 6.07) is 1.63. The lowest BCUT2D eigenvalue weighted by molar-refractivity contribution is -0.116. The second-order valence-electron chi connectivity index (χ2n) is 6.14. The van der Waals surface area contributed by atoms with E-state index >= 15 is 0 Å². The van der Waals surface area contributed by atoms with Crippen molar-refractivity contribution in [2.45, 2.75) is 57.9 Å². The van der Waals surface area contributed by atoms with Gasteiger partial charge >= 0.3 is 0 Å². The Morgan fingerprint density at radius 2 is 2.00 bits per heavy atom. The quantitative estimate of drug-likeness (QED) is 0.800. The number of nitrogens with zero attached hydrogens (tertiary/aromatic N) is 2. The van der Waals surface area contributed by atoms with Gasteiger partial charge in [-0.25, -0.2) is 8.42 Å². The van der Waals surface area contributed by atoms with Gasteiger partial charge in [0.1, 0.15) is 5.76 Å². The van der Waals surface area contributed by atoms with Crippen molar-refractivity contribution in [3.8, 4) is 0 Å². The summed E-state index contributed by atoms with van der Waals surface area (Å²) in [6.07, 6.45) is 7.46. The van der Waals surface area contributed by atoms with Crippen LogP contribution in [0.15, 0.2) is 10.6 Å². The fourth-order valence-corrected chi connectivity index (χ4v) is 4.18. The van der Waals surface area contributed by atoms with Gasteiger partial charge in [0.25, 0.3) is 0 Å². The molecule has 0 spiro atoms. The first-order chi connectivity index (χ1) is 10.9. The maximum atomic E-state index is 12.1. The number of hydrogen-bond donors (Lipinski definition) is 1. The summed E-state index contributed by atoms with van der Waals surface area (Å²) in [5, 5.41) is 6.31. The number of amides is 1. The molecule has 1 heterocycles. The van der Waals surface area contributed by atoms with Crippen molar-refractivity contribution in [2.24, 2.45) is 0 Å². The van der Waals surface area contributed by atoms with Gasteiger partial charge in [0.15, 0.2) is 5.82 Å². The smallest absolute Gasteiger partial charge is 0.226 e.